The lowest BCUT2D eigenvalue weighted by atomic mass is 10.0. The van der Waals surface area contributed by atoms with Gasteiger partial charge in [-0.1, -0.05) is 33.1 Å². The second-order valence-electron chi connectivity index (χ2n) is 8.21. The average Bonchev–Trinajstić information content (AvgIpc) is 2.78. The predicted molar refractivity (Wildman–Crippen MR) is 129 cm³/mol. The van der Waals surface area contributed by atoms with Gasteiger partial charge in [0.05, 0.1) is 26.4 Å². The van der Waals surface area contributed by atoms with Crippen LogP contribution in [0.3, 0.4) is 0 Å². The van der Waals surface area contributed by atoms with Crippen molar-refractivity contribution in [2.45, 2.75) is 71.6 Å². The molecule has 0 radical (unpaired) electrons. The van der Waals surface area contributed by atoms with E-state index >= 15 is 0 Å². The minimum absolute atomic E-state index is 0.00981. The summed E-state index contributed by atoms with van der Waals surface area (Å²) in [5.41, 5.74) is 0. The lowest BCUT2D eigenvalue weighted by Gasteiger charge is -2.09. The van der Waals surface area contributed by atoms with Crippen molar-refractivity contribution >= 4 is 11.8 Å². The normalized spacial score (nSPS) is 12.0. The van der Waals surface area contributed by atoms with Gasteiger partial charge in [-0.3, -0.25) is 9.59 Å². The molecular weight excluding hydrogens is 410 g/mol. The molecule has 0 bridgehead atoms. The van der Waals surface area contributed by atoms with Gasteiger partial charge in [0.1, 0.15) is 0 Å². The summed E-state index contributed by atoms with van der Waals surface area (Å²) in [4.78, 5) is 23.6. The molecular formula is C24H49N3O5. The van der Waals surface area contributed by atoms with Crippen molar-refractivity contribution in [3.05, 3.63) is 0 Å². The van der Waals surface area contributed by atoms with E-state index in [2.05, 4.69) is 29.8 Å². The summed E-state index contributed by atoms with van der Waals surface area (Å²) in [5.74, 6) is 0.792. The average molecular weight is 460 g/mol. The summed E-state index contributed by atoms with van der Waals surface area (Å²) in [6, 6.07) is 0. The summed E-state index contributed by atoms with van der Waals surface area (Å²) in [5, 5.41) is 8.88. The number of carbonyl (C=O) groups excluding carboxylic acids is 2. The number of rotatable bonds is 24. The molecule has 0 aliphatic rings. The fraction of sp³-hybridized carbons (Fsp3) is 0.917. The summed E-state index contributed by atoms with van der Waals surface area (Å²) < 4.78 is 16.3. The lowest BCUT2D eigenvalue weighted by Crippen LogP contribution is -2.27. The maximum Gasteiger partial charge on any atom is 0.220 e. The quantitative estimate of drug-likeness (QED) is 0.192. The molecule has 0 saturated carbocycles. The molecule has 1 atom stereocenters. The van der Waals surface area contributed by atoms with Crippen LogP contribution in [0.4, 0.5) is 0 Å². The van der Waals surface area contributed by atoms with Crippen LogP contribution in [0.2, 0.25) is 0 Å². The first-order valence-electron chi connectivity index (χ1n) is 12.5. The van der Waals surface area contributed by atoms with Gasteiger partial charge in [0.15, 0.2) is 0 Å². The number of unbranched alkanes of at least 4 members (excludes halogenated alkanes) is 1. The number of nitrogens with one attached hydrogen (secondary N) is 3. The number of carbonyl (C=O) groups is 2. The third kappa shape index (κ3) is 23.4. The highest BCUT2D eigenvalue weighted by Crippen LogP contribution is 2.10. The van der Waals surface area contributed by atoms with E-state index in [0.717, 1.165) is 51.3 Å². The molecule has 190 valence electrons. The maximum absolute atomic E-state index is 11.8. The monoisotopic (exact) mass is 459 g/mol. The zero-order chi connectivity index (χ0) is 23.7. The van der Waals surface area contributed by atoms with Crippen LogP contribution >= 0.6 is 0 Å². The summed E-state index contributed by atoms with van der Waals surface area (Å²) in [6.07, 6.45) is 7.75. The van der Waals surface area contributed by atoms with Crippen molar-refractivity contribution in [2.24, 2.45) is 5.92 Å². The Kier molecular flexibility index (Phi) is 23.5. The van der Waals surface area contributed by atoms with Gasteiger partial charge >= 0.3 is 0 Å². The topological polar surface area (TPSA) is 97.9 Å². The fourth-order valence-corrected chi connectivity index (χ4v) is 2.93. The minimum Gasteiger partial charge on any atom is -0.379 e. The van der Waals surface area contributed by atoms with Crippen molar-refractivity contribution in [3.63, 3.8) is 0 Å². The van der Waals surface area contributed by atoms with Crippen LogP contribution in [-0.4, -0.2) is 78.1 Å². The molecule has 0 spiro atoms. The molecule has 3 N–H and O–H groups in total. The molecule has 0 saturated heterocycles. The number of hydrogen-bond acceptors (Lipinski definition) is 6. The van der Waals surface area contributed by atoms with Crippen LogP contribution in [-0.2, 0) is 23.8 Å². The Hall–Kier alpha value is -1.22. The number of amides is 2. The first-order chi connectivity index (χ1) is 15.6. The van der Waals surface area contributed by atoms with Gasteiger partial charge in [-0.05, 0) is 45.2 Å². The van der Waals surface area contributed by atoms with Gasteiger partial charge in [0.25, 0.3) is 0 Å². The molecule has 0 fully saturated rings. The predicted octanol–water partition coefficient (Wildman–Crippen LogP) is 2.65. The van der Waals surface area contributed by atoms with Crippen molar-refractivity contribution in [2.75, 3.05) is 66.3 Å². The van der Waals surface area contributed by atoms with Crippen LogP contribution in [0.5, 0.6) is 0 Å². The Bertz CT molecular complexity index is 438. The Morgan fingerprint density at radius 2 is 1.19 bits per heavy atom. The van der Waals surface area contributed by atoms with Gasteiger partial charge in [-0.25, -0.2) is 0 Å². The van der Waals surface area contributed by atoms with E-state index < -0.39 is 0 Å². The third-order valence-electron chi connectivity index (χ3n) is 5.20. The Labute approximate surface area is 195 Å². The van der Waals surface area contributed by atoms with Crippen LogP contribution in [0.25, 0.3) is 0 Å². The highest BCUT2D eigenvalue weighted by Gasteiger charge is 2.05. The standard InChI is InChI=1S/C24H49N3O5/c1-4-22(2)10-5-6-14-26-23(28)11-7-12-24(29)27-15-9-17-31-19-21-32-20-18-30-16-8-13-25-3/h22,25H,4-21H2,1-3H3,(H,26,28)(H,27,29). The Morgan fingerprint density at radius 1 is 0.688 bits per heavy atom. The summed E-state index contributed by atoms with van der Waals surface area (Å²) in [6.45, 7) is 10.4. The van der Waals surface area contributed by atoms with E-state index in [1.807, 2.05) is 7.05 Å². The van der Waals surface area contributed by atoms with Crippen LogP contribution in [0, 0.1) is 5.92 Å². The van der Waals surface area contributed by atoms with E-state index in [4.69, 9.17) is 14.2 Å². The number of hydrogen-bond donors (Lipinski definition) is 3. The Morgan fingerprint density at radius 3 is 1.72 bits per heavy atom. The zero-order valence-corrected chi connectivity index (χ0v) is 20.8. The van der Waals surface area contributed by atoms with Gasteiger partial charge in [-0.2, -0.15) is 0 Å². The molecule has 0 aromatic heterocycles. The third-order valence-corrected chi connectivity index (χ3v) is 5.20. The van der Waals surface area contributed by atoms with E-state index in [0.29, 0.717) is 58.8 Å². The first kappa shape index (κ1) is 30.8. The van der Waals surface area contributed by atoms with Crippen LogP contribution in [0.1, 0.15) is 71.6 Å². The van der Waals surface area contributed by atoms with Crippen molar-refractivity contribution in [3.8, 4) is 0 Å². The van der Waals surface area contributed by atoms with Gasteiger partial charge in [0.2, 0.25) is 11.8 Å². The van der Waals surface area contributed by atoms with Crippen molar-refractivity contribution in [1.82, 2.24) is 16.0 Å². The summed E-state index contributed by atoms with van der Waals surface area (Å²) >= 11 is 0. The molecule has 8 nitrogen and oxygen atoms in total. The van der Waals surface area contributed by atoms with E-state index in [1.54, 1.807) is 0 Å². The molecule has 0 rings (SSSR count). The fourth-order valence-electron chi connectivity index (χ4n) is 2.93. The molecule has 32 heavy (non-hydrogen) atoms. The van der Waals surface area contributed by atoms with Crippen LogP contribution < -0.4 is 16.0 Å². The summed E-state index contributed by atoms with van der Waals surface area (Å²) in [7, 11) is 1.93. The van der Waals surface area contributed by atoms with E-state index in [9.17, 15) is 9.59 Å². The Balaban J connectivity index is 3.30. The molecule has 0 aliphatic carbocycles. The highest BCUT2D eigenvalue weighted by molar-refractivity contribution is 5.78. The molecule has 0 aliphatic heterocycles. The molecule has 1 unspecified atom stereocenters. The molecule has 2 amide bonds. The molecule has 0 aromatic carbocycles. The van der Waals surface area contributed by atoms with Gasteiger partial charge in [-0.15, -0.1) is 0 Å². The van der Waals surface area contributed by atoms with Gasteiger partial charge < -0.3 is 30.2 Å². The lowest BCUT2D eigenvalue weighted by molar-refractivity contribution is -0.122. The smallest absolute Gasteiger partial charge is 0.220 e. The van der Waals surface area contributed by atoms with Crippen molar-refractivity contribution in [1.29, 1.82) is 0 Å². The maximum atomic E-state index is 11.8. The van der Waals surface area contributed by atoms with E-state index in [-0.39, 0.29) is 11.8 Å². The van der Waals surface area contributed by atoms with Gasteiger partial charge in [0, 0.05) is 39.1 Å². The largest absolute Gasteiger partial charge is 0.379 e. The zero-order valence-electron chi connectivity index (χ0n) is 20.8. The molecule has 0 aromatic rings. The van der Waals surface area contributed by atoms with Crippen LogP contribution in [0.15, 0.2) is 0 Å². The second kappa shape index (κ2) is 24.4. The van der Waals surface area contributed by atoms with E-state index in [1.165, 1.54) is 12.8 Å². The minimum atomic E-state index is -0.00981. The second-order valence-corrected chi connectivity index (χ2v) is 8.21. The van der Waals surface area contributed by atoms with Crippen molar-refractivity contribution < 1.29 is 23.8 Å². The first-order valence-corrected chi connectivity index (χ1v) is 12.5. The SMILES string of the molecule is CCC(C)CCCCNC(=O)CCCC(=O)NCCCOCCOCCOCCCNC. The molecule has 0 heterocycles. The molecule has 8 heteroatoms. The number of ether oxygens (including phenoxy) is 3. The highest BCUT2D eigenvalue weighted by atomic mass is 16.5.